The number of nitrogen functional groups attached to an aromatic ring is 2. The van der Waals surface area contributed by atoms with Crippen LogP contribution >= 0.6 is 0 Å². The van der Waals surface area contributed by atoms with Crippen molar-refractivity contribution >= 4 is 31.4 Å². The number of anilines is 2. The predicted molar refractivity (Wildman–Crippen MR) is 109 cm³/mol. The molecule has 3 aromatic rings. The number of nitriles is 1. The number of sulfonamides is 2. The van der Waals surface area contributed by atoms with Gasteiger partial charge in [-0.1, -0.05) is 24.3 Å². The minimum atomic E-state index is -4.57. The van der Waals surface area contributed by atoms with Crippen molar-refractivity contribution in [1.82, 2.24) is 4.13 Å². The van der Waals surface area contributed by atoms with Crippen LogP contribution in [0.3, 0.4) is 0 Å². The first-order chi connectivity index (χ1) is 13.7. The molecule has 0 unspecified atom stereocenters. The maximum absolute atomic E-state index is 13.0. The number of benzene rings is 3. The van der Waals surface area contributed by atoms with Gasteiger partial charge in [-0.05, 0) is 42.5 Å². The van der Waals surface area contributed by atoms with E-state index in [4.69, 9.17) is 11.5 Å². The molecular weight excluding hydrogens is 412 g/mol. The van der Waals surface area contributed by atoms with Gasteiger partial charge in [-0.3, -0.25) is 0 Å². The third-order valence-corrected chi connectivity index (χ3v) is 7.62. The van der Waals surface area contributed by atoms with Gasteiger partial charge in [-0.15, -0.1) is 4.13 Å². The molecule has 0 saturated carbocycles. The molecule has 148 valence electrons. The molecule has 0 radical (unpaired) electrons. The molecular formula is C19H16N4O4S2. The average molecular weight is 428 g/mol. The normalized spacial score (nSPS) is 11.7. The van der Waals surface area contributed by atoms with Gasteiger partial charge in [0.05, 0.1) is 21.4 Å². The molecule has 0 aliphatic carbocycles. The molecule has 0 spiro atoms. The van der Waals surface area contributed by atoms with Crippen molar-refractivity contribution in [3.8, 4) is 17.2 Å². The fourth-order valence-electron chi connectivity index (χ4n) is 2.76. The van der Waals surface area contributed by atoms with E-state index in [9.17, 15) is 22.1 Å². The summed E-state index contributed by atoms with van der Waals surface area (Å²) in [5.41, 5.74) is 12.5. The van der Waals surface area contributed by atoms with E-state index in [1.807, 2.05) is 6.07 Å². The molecule has 29 heavy (non-hydrogen) atoms. The van der Waals surface area contributed by atoms with E-state index >= 15 is 0 Å². The Morgan fingerprint density at radius 3 is 2.17 bits per heavy atom. The summed E-state index contributed by atoms with van der Waals surface area (Å²) in [5.74, 6) is 0. The first-order valence-electron chi connectivity index (χ1n) is 8.18. The number of nitrogens with zero attached hydrogens (tertiary/aromatic N) is 1. The van der Waals surface area contributed by atoms with Gasteiger partial charge in [-0.25, -0.2) is 16.8 Å². The largest absolute Gasteiger partial charge is 0.399 e. The molecule has 3 aromatic carbocycles. The van der Waals surface area contributed by atoms with Crippen LogP contribution in [0.15, 0.2) is 76.5 Å². The molecule has 0 aliphatic heterocycles. The number of hydrogen-bond acceptors (Lipinski definition) is 7. The van der Waals surface area contributed by atoms with Crippen LogP contribution in [-0.4, -0.2) is 16.8 Å². The molecule has 3 rings (SSSR count). The summed E-state index contributed by atoms with van der Waals surface area (Å²) in [6, 6.07) is 17.4. The first kappa shape index (κ1) is 20.3. The van der Waals surface area contributed by atoms with E-state index in [0.29, 0.717) is 0 Å². The summed E-state index contributed by atoms with van der Waals surface area (Å²) in [6.07, 6.45) is 0. The zero-order valence-electron chi connectivity index (χ0n) is 14.9. The Hall–Kier alpha value is -3.39. The lowest BCUT2D eigenvalue weighted by molar-refractivity contribution is 0.577. The topological polar surface area (TPSA) is 156 Å². The smallest absolute Gasteiger partial charge is 0.254 e. The quantitative estimate of drug-likeness (QED) is 0.525. The minimum absolute atomic E-state index is 0.00730. The zero-order valence-corrected chi connectivity index (χ0v) is 16.5. The highest BCUT2D eigenvalue weighted by molar-refractivity contribution is 8.04. The van der Waals surface area contributed by atoms with E-state index in [-0.39, 0.29) is 37.9 Å². The highest BCUT2D eigenvalue weighted by Gasteiger charge is 2.28. The van der Waals surface area contributed by atoms with Crippen molar-refractivity contribution in [2.24, 2.45) is 0 Å². The van der Waals surface area contributed by atoms with Crippen LogP contribution in [0.5, 0.6) is 0 Å². The van der Waals surface area contributed by atoms with Crippen LogP contribution in [0.1, 0.15) is 5.56 Å². The Bertz CT molecular complexity index is 1330. The molecule has 10 heteroatoms. The summed E-state index contributed by atoms with van der Waals surface area (Å²) in [5, 5.41) is 9.40. The maximum atomic E-state index is 13.0. The average Bonchev–Trinajstić information content (AvgIpc) is 2.67. The van der Waals surface area contributed by atoms with Crippen molar-refractivity contribution in [2.45, 2.75) is 9.79 Å². The van der Waals surface area contributed by atoms with Crippen LogP contribution in [-0.2, 0) is 20.0 Å². The predicted octanol–water partition coefficient (Wildman–Crippen LogP) is 2.06. The van der Waals surface area contributed by atoms with Crippen LogP contribution in [0, 0.1) is 11.3 Å². The molecule has 0 aromatic heterocycles. The second-order valence-electron chi connectivity index (χ2n) is 6.04. The summed E-state index contributed by atoms with van der Waals surface area (Å²) < 4.78 is 52.8. The Labute approximate surface area is 168 Å². The highest BCUT2D eigenvalue weighted by Crippen LogP contribution is 2.36. The van der Waals surface area contributed by atoms with E-state index in [1.165, 1.54) is 60.7 Å². The summed E-state index contributed by atoms with van der Waals surface area (Å²) in [7, 11) is -8.94. The Kier molecular flexibility index (Phi) is 5.30. The first-order valence-corrected chi connectivity index (χ1v) is 11.1. The lowest BCUT2D eigenvalue weighted by Crippen LogP contribution is -2.31. The van der Waals surface area contributed by atoms with E-state index in [2.05, 4.69) is 0 Å². The second-order valence-corrected chi connectivity index (χ2v) is 9.63. The number of hydrogen-bond donors (Lipinski definition) is 3. The van der Waals surface area contributed by atoms with Gasteiger partial charge < -0.3 is 11.5 Å². The van der Waals surface area contributed by atoms with Gasteiger partial charge in [0.1, 0.15) is 0 Å². The molecule has 0 aliphatic rings. The Morgan fingerprint density at radius 2 is 1.52 bits per heavy atom. The molecule has 0 saturated heterocycles. The molecule has 5 N–H and O–H groups in total. The van der Waals surface area contributed by atoms with Gasteiger partial charge >= 0.3 is 0 Å². The summed E-state index contributed by atoms with van der Waals surface area (Å²) in [6.45, 7) is 0. The van der Waals surface area contributed by atoms with Gasteiger partial charge in [-0.2, -0.15) is 5.26 Å². The summed E-state index contributed by atoms with van der Waals surface area (Å²) >= 11 is 0. The number of nitrogens with two attached hydrogens (primary N) is 2. The van der Waals surface area contributed by atoms with Crippen molar-refractivity contribution in [1.29, 1.82) is 5.26 Å². The third kappa shape index (κ3) is 4.07. The van der Waals surface area contributed by atoms with Crippen LogP contribution < -0.4 is 15.6 Å². The van der Waals surface area contributed by atoms with E-state index in [1.54, 1.807) is 10.2 Å². The minimum Gasteiger partial charge on any atom is -0.399 e. The zero-order chi connectivity index (χ0) is 21.2. The SMILES string of the molecule is N#Cc1ccc(N)cc1-c1c(N)cccc1S(=O)(=O)NS(=O)(=O)c1ccccc1. The number of rotatable bonds is 5. The Balaban J connectivity index is 2.20. The van der Waals surface area contributed by atoms with Crippen molar-refractivity contribution in [2.75, 3.05) is 11.5 Å². The van der Waals surface area contributed by atoms with E-state index < -0.39 is 20.0 Å². The maximum Gasteiger partial charge on any atom is 0.254 e. The van der Waals surface area contributed by atoms with Crippen LogP contribution in [0.4, 0.5) is 11.4 Å². The highest BCUT2D eigenvalue weighted by atomic mass is 32.3. The molecule has 0 amide bonds. The molecule has 0 heterocycles. The van der Waals surface area contributed by atoms with Crippen LogP contribution in [0.2, 0.25) is 0 Å². The van der Waals surface area contributed by atoms with Gasteiger partial charge in [0, 0.05) is 22.5 Å². The van der Waals surface area contributed by atoms with Gasteiger partial charge in [0.15, 0.2) is 0 Å². The van der Waals surface area contributed by atoms with Crippen molar-refractivity contribution in [3.05, 3.63) is 72.3 Å². The second kappa shape index (κ2) is 7.56. The Morgan fingerprint density at radius 1 is 0.828 bits per heavy atom. The monoisotopic (exact) mass is 428 g/mol. The fourth-order valence-corrected chi connectivity index (χ4v) is 5.93. The summed E-state index contributed by atoms with van der Waals surface area (Å²) in [4.78, 5) is -0.602. The molecule has 8 nitrogen and oxygen atoms in total. The lowest BCUT2D eigenvalue weighted by Gasteiger charge is -2.15. The fraction of sp³-hybridized carbons (Fsp3) is 0. The van der Waals surface area contributed by atoms with Crippen molar-refractivity contribution < 1.29 is 16.8 Å². The third-order valence-electron chi connectivity index (χ3n) is 4.05. The van der Waals surface area contributed by atoms with E-state index in [0.717, 1.165) is 0 Å². The van der Waals surface area contributed by atoms with Gasteiger partial charge in [0.2, 0.25) is 0 Å². The van der Waals surface area contributed by atoms with Crippen LogP contribution in [0.25, 0.3) is 11.1 Å². The molecule has 0 bridgehead atoms. The number of nitrogens with one attached hydrogen (secondary N) is 1. The lowest BCUT2D eigenvalue weighted by atomic mass is 9.98. The van der Waals surface area contributed by atoms with Gasteiger partial charge in [0.25, 0.3) is 20.0 Å². The van der Waals surface area contributed by atoms with Crippen molar-refractivity contribution in [3.63, 3.8) is 0 Å². The standard InChI is InChI=1S/C19H16N4O4S2/c20-12-13-9-10-14(21)11-16(13)19-17(22)7-4-8-18(19)29(26,27)23-28(24,25)15-5-2-1-3-6-15/h1-11,23H,21-22H2. The molecule has 0 atom stereocenters. The molecule has 0 fully saturated rings.